The molecule has 0 amide bonds. The third kappa shape index (κ3) is 2.21. The summed E-state index contributed by atoms with van der Waals surface area (Å²) in [6, 6.07) is 0. The minimum atomic E-state index is -0.533. The Balaban J connectivity index is 1.78. The molecule has 0 aromatic heterocycles. The van der Waals surface area contributed by atoms with Crippen LogP contribution in [0.15, 0.2) is 0 Å². The fraction of sp³-hybridized carbons (Fsp3) is 1.00. The molecule has 2 bridgehead atoms. The van der Waals surface area contributed by atoms with E-state index in [1.165, 1.54) is 0 Å². The molecule has 0 radical (unpaired) electrons. The Morgan fingerprint density at radius 2 is 1.80 bits per heavy atom. The monoisotopic (exact) mass is 284 g/mol. The van der Waals surface area contributed by atoms with Crippen molar-refractivity contribution in [1.29, 1.82) is 0 Å². The first-order valence-electron chi connectivity index (χ1n) is 8.03. The van der Waals surface area contributed by atoms with Gasteiger partial charge in [-0.15, -0.1) is 0 Å². The summed E-state index contributed by atoms with van der Waals surface area (Å²) in [6.07, 6.45) is 4.56. The van der Waals surface area contributed by atoms with E-state index >= 15 is 0 Å². The van der Waals surface area contributed by atoms with Crippen molar-refractivity contribution in [3.05, 3.63) is 0 Å². The molecule has 2 aliphatic heterocycles. The third-order valence-electron chi connectivity index (χ3n) is 6.02. The second-order valence-corrected chi connectivity index (χ2v) is 7.06. The van der Waals surface area contributed by atoms with Crippen molar-refractivity contribution in [3.63, 3.8) is 0 Å². The van der Waals surface area contributed by atoms with Gasteiger partial charge in [-0.1, -0.05) is 26.7 Å². The number of hydrogen-bond donors (Lipinski definition) is 1. The lowest BCUT2D eigenvalue weighted by molar-refractivity contribution is -0.0977. The first-order valence-corrected chi connectivity index (χ1v) is 8.03. The van der Waals surface area contributed by atoms with Gasteiger partial charge in [0.2, 0.25) is 0 Å². The molecular weight excluding hydrogens is 256 g/mol. The SMILES string of the molecule is COCOCC1C2OC(C(C)C2C)C1C1(O)CCCC1. The lowest BCUT2D eigenvalue weighted by atomic mass is 9.63. The molecule has 0 aromatic rings. The normalized spacial score (nSPS) is 46.2. The summed E-state index contributed by atoms with van der Waals surface area (Å²) in [5.74, 6) is 1.63. The van der Waals surface area contributed by atoms with Gasteiger partial charge >= 0.3 is 0 Å². The van der Waals surface area contributed by atoms with Gasteiger partial charge < -0.3 is 19.3 Å². The summed E-state index contributed by atoms with van der Waals surface area (Å²) in [5.41, 5.74) is -0.533. The van der Waals surface area contributed by atoms with Gasteiger partial charge in [-0.25, -0.2) is 0 Å². The maximum absolute atomic E-state index is 11.1. The van der Waals surface area contributed by atoms with Crippen molar-refractivity contribution in [2.45, 2.75) is 57.3 Å². The molecule has 0 spiro atoms. The Hall–Kier alpha value is -0.160. The van der Waals surface area contributed by atoms with E-state index in [0.717, 1.165) is 25.7 Å². The summed E-state index contributed by atoms with van der Waals surface area (Å²) < 4.78 is 16.9. The van der Waals surface area contributed by atoms with Crippen LogP contribution in [0.25, 0.3) is 0 Å². The van der Waals surface area contributed by atoms with Crippen molar-refractivity contribution < 1.29 is 19.3 Å². The van der Waals surface area contributed by atoms with Crippen molar-refractivity contribution >= 4 is 0 Å². The minimum absolute atomic E-state index is 0.203. The smallest absolute Gasteiger partial charge is 0.146 e. The first kappa shape index (κ1) is 14.8. The van der Waals surface area contributed by atoms with Crippen LogP contribution in [-0.4, -0.2) is 43.4 Å². The summed E-state index contributed by atoms with van der Waals surface area (Å²) >= 11 is 0. The first-order chi connectivity index (χ1) is 9.58. The highest BCUT2D eigenvalue weighted by Gasteiger charge is 2.62. The average molecular weight is 284 g/mol. The molecule has 1 N–H and O–H groups in total. The number of aliphatic hydroxyl groups is 1. The second-order valence-electron chi connectivity index (χ2n) is 7.06. The molecule has 3 rings (SSSR count). The van der Waals surface area contributed by atoms with E-state index in [1.54, 1.807) is 7.11 Å². The van der Waals surface area contributed by atoms with Gasteiger partial charge in [0.25, 0.3) is 0 Å². The second kappa shape index (κ2) is 5.56. The molecule has 6 atom stereocenters. The quantitative estimate of drug-likeness (QED) is 0.621. The van der Waals surface area contributed by atoms with Crippen LogP contribution in [0.2, 0.25) is 0 Å². The zero-order chi connectivity index (χ0) is 14.3. The highest BCUT2D eigenvalue weighted by Crippen LogP contribution is 2.56. The molecule has 1 aliphatic carbocycles. The Labute approximate surface area is 121 Å². The summed E-state index contributed by atoms with van der Waals surface area (Å²) in [7, 11) is 1.64. The van der Waals surface area contributed by atoms with E-state index in [2.05, 4.69) is 13.8 Å². The lowest BCUT2D eigenvalue weighted by Gasteiger charge is -2.42. The van der Waals surface area contributed by atoms with Crippen LogP contribution in [0.1, 0.15) is 39.5 Å². The van der Waals surface area contributed by atoms with Gasteiger partial charge in [0, 0.05) is 18.9 Å². The number of ether oxygens (including phenoxy) is 3. The van der Waals surface area contributed by atoms with E-state index in [4.69, 9.17) is 14.2 Å². The number of methoxy groups -OCH3 is 1. The van der Waals surface area contributed by atoms with Crippen LogP contribution >= 0.6 is 0 Å². The molecule has 3 fully saturated rings. The molecular formula is C16H28O4. The van der Waals surface area contributed by atoms with Gasteiger partial charge in [0.15, 0.2) is 0 Å². The number of rotatable bonds is 5. The maximum atomic E-state index is 11.1. The molecule has 4 heteroatoms. The van der Waals surface area contributed by atoms with Crippen LogP contribution in [-0.2, 0) is 14.2 Å². The zero-order valence-electron chi connectivity index (χ0n) is 12.9. The lowest BCUT2D eigenvalue weighted by Crippen LogP contribution is -2.51. The van der Waals surface area contributed by atoms with Crippen LogP contribution in [0.5, 0.6) is 0 Å². The van der Waals surface area contributed by atoms with E-state index in [1.807, 2.05) is 0 Å². The van der Waals surface area contributed by atoms with Crippen LogP contribution in [0.4, 0.5) is 0 Å². The third-order valence-corrected chi connectivity index (χ3v) is 6.02. The predicted octanol–water partition coefficient (Wildman–Crippen LogP) is 2.20. The number of hydrogen-bond acceptors (Lipinski definition) is 4. The molecule has 20 heavy (non-hydrogen) atoms. The largest absolute Gasteiger partial charge is 0.389 e. The molecule has 0 aromatic carbocycles. The van der Waals surface area contributed by atoms with Crippen molar-refractivity contribution in [1.82, 2.24) is 0 Å². The molecule has 6 unspecified atom stereocenters. The minimum Gasteiger partial charge on any atom is -0.389 e. The Morgan fingerprint density at radius 1 is 1.15 bits per heavy atom. The van der Waals surface area contributed by atoms with Crippen LogP contribution in [0.3, 0.4) is 0 Å². The Bertz CT molecular complexity index is 339. The van der Waals surface area contributed by atoms with E-state index < -0.39 is 5.60 Å². The van der Waals surface area contributed by atoms with Crippen molar-refractivity contribution in [2.75, 3.05) is 20.5 Å². The average Bonchev–Trinajstić information content (AvgIpc) is 3.08. The molecule has 116 valence electrons. The maximum Gasteiger partial charge on any atom is 0.146 e. The zero-order valence-corrected chi connectivity index (χ0v) is 12.9. The predicted molar refractivity (Wildman–Crippen MR) is 75.2 cm³/mol. The van der Waals surface area contributed by atoms with Crippen molar-refractivity contribution in [2.24, 2.45) is 23.7 Å². The molecule has 2 heterocycles. The summed E-state index contributed by atoms with van der Waals surface area (Å²) in [5, 5.41) is 11.1. The highest BCUT2D eigenvalue weighted by atomic mass is 16.7. The Morgan fingerprint density at radius 3 is 2.45 bits per heavy atom. The topological polar surface area (TPSA) is 47.9 Å². The Kier molecular flexibility index (Phi) is 4.10. The fourth-order valence-electron chi connectivity index (χ4n) is 4.87. The standard InChI is InChI=1S/C16H28O4/c1-10-11(2)15-13(16(17)6-4-5-7-16)12(14(10)20-15)8-19-9-18-3/h10-15,17H,4-9H2,1-3H3. The van der Waals surface area contributed by atoms with Crippen LogP contribution < -0.4 is 0 Å². The van der Waals surface area contributed by atoms with Gasteiger partial charge in [-0.2, -0.15) is 0 Å². The fourth-order valence-corrected chi connectivity index (χ4v) is 4.87. The van der Waals surface area contributed by atoms with Gasteiger partial charge in [0.1, 0.15) is 6.79 Å². The molecule has 2 saturated heterocycles. The van der Waals surface area contributed by atoms with E-state index in [9.17, 15) is 5.11 Å². The summed E-state index contributed by atoms with van der Waals surface area (Å²) in [6.45, 7) is 5.50. The van der Waals surface area contributed by atoms with Gasteiger partial charge in [0.05, 0.1) is 24.4 Å². The van der Waals surface area contributed by atoms with Gasteiger partial charge in [-0.05, 0) is 24.7 Å². The number of fused-ring (bicyclic) bond motifs is 2. The van der Waals surface area contributed by atoms with Crippen LogP contribution in [0, 0.1) is 23.7 Å². The molecule has 1 saturated carbocycles. The highest BCUT2D eigenvalue weighted by molar-refractivity contribution is 5.10. The van der Waals surface area contributed by atoms with E-state index in [0.29, 0.717) is 31.2 Å². The van der Waals surface area contributed by atoms with E-state index in [-0.39, 0.29) is 18.1 Å². The molecule has 4 nitrogen and oxygen atoms in total. The van der Waals surface area contributed by atoms with Gasteiger partial charge in [-0.3, -0.25) is 0 Å². The van der Waals surface area contributed by atoms with Crippen molar-refractivity contribution in [3.8, 4) is 0 Å². The summed E-state index contributed by atoms with van der Waals surface area (Å²) in [4.78, 5) is 0. The molecule has 3 aliphatic rings.